The van der Waals surface area contributed by atoms with E-state index < -0.39 is 0 Å². The summed E-state index contributed by atoms with van der Waals surface area (Å²) in [6.45, 7) is 1.91. The quantitative estimate of drug-likeness (QED) is 0.924. The summed E-state index contributed by atoms with van der Waals surface area (Å²) >= 11 is 0. The van der Waals surface area contributed by atoms with Crippen LogP contribution in [0.2, 0.25) is 0 Å². The highest BCUT2D eigenvalue weighted by Gasteiger charge is 2.28. The Bertz CT molecular complexity index is 633. The van der Waals surface area contributed by atoms with E-state index in [1.54, 1.807) is 6.07 Å². The lowest BCUT2D eigenvalue weighted by Gasteiger charge is -2.25. The number of nitrogens with zero attached hydrogens (tertiary/aromatic N) is 1. The first-order valence-corrected chi connectivity index (χ1v) is 8.03. The van der Waals surface area contributed by atoms with E-state index in [4.69, 9.17) is 0 Å². The number of nitrogens with one attached hydrogen (secondary N) is 1. The molecule has 1 atom stereocenters. The van der Waals surface area contributed by atoms with Gasteiger partial charge in [0.25, 0.3) is 5.91 Å². The molecule has 1 saturated carbocycles. The van der Waals surface area contributed by atoms with E-state index in [2.05, 4.69) is 22.4 Å². The Morgan fingerprint density at radius 1 is 1.09 bits per heavy atom. The molecular weight excluding hydrogens is 272 g/mol. The average Bonchev–Trinajstić information content (AvgIpc) is 3.07. The topological polar surface area (TPSA) is 42.0 Å². The molecule has 22 heavy (non-hydrogen) atoms. The fourth-order valence-corrected chi connectivity index (χ4v) is 3.31. The van der Waals surface area contributed by atoms with Crippen molar-refractivity contribution in [2.24, 2.45) is 5.92 Å². The molecule has 3 rings (SSSR count). The molecule has 1 aliphatic rings. The van der Waals surface area contributed by atoms with Crippen LogP contribution in [0.5, 0.6) is 0 Å². The smallest absolute Gasteiger partial charge is 0.270 e. The predicted molar refractivity (Wildman–Crippen MR) is 87.6 cm³/mol. The van der Waals surface area contributed by atoms with E-state index in [-0.39, 0.29) is 11.9 Å². The Hall–Kier alpha value is -2.16. The molecule has 2 aromatic rings. The SMILES string of the molecule is Cc1cccc(C(=O)NC(c2ccccc2)C2CCCC2)n1. The van der Waals surface area contributed by atoms with Gasteiger partial charge in [-0.3, -0.25) is 4.79 Å². The summed E-state index contributed by atoms with van der Waals surface area (Å²) in [5.74, 6) is 0.445. The molecule has 114 valence electrons. The molecule has 1 N–H and O–H groups in total. The Kier molecular flexibility index (Phi) is 4.52. The fourth-order valence-electron chi connectivity index (χ4n) is 3.31. The monoisotopic (exact) mass is 294 g/mol. The number of amides is 1. The molecule has 1 aromatic carbocycles. The average molecular weight is 294 g/mol. The Morgan fingerprint density at radius 3 is 2.50 bits per heavy atom. The van der Waals surface area contributed by atoms with Gasteiger partial charge in [-0.1, -0.05) is 49.2 Å². The van der Waals surface area contributed by atoms with Gasteiger partial charge < -0.3 is 5.32 Å². The lowest BCUT2D eigenvalue weighted by molar-refractivity contribution is 0.0916. The van der Waals surface area contributed by atoms with Crippen molar-refractivity contribution in [2.45, 2.75) is 38.6 Å². The standard InChI is InChI=1S/C19H22N2O/c1-14-8-7-13-17(20-14)19(22)21-18(16-11-5-6-12-16)15-9-3-2-4-10-15/h2-4,7-10,13,16,18H,5-6,11-12H2,1H3,(H,21,22). The lowest BCUT2D eigenvalue weighted by Crippen LogP contribution is -2.33. The molecule has 1 heterocycles. The first-order chi connectivity index (χ1) is 10.7. The third-order valence-electron chi connectivity index (χ3n) is 4.44. The maximum absolute atomic E-state index is 12.6. The van der Waals surface area contributed by atoms with E-state index >= 15 is 0 Å². The van der Waals surface area contributed by atoms with Gasteiger partial charge in [-0.15, -0.1) is 0 Å². The van der Waals surface area contributed by atoms with E-state index in [0.29, 0.717) is 11.6 Å². The maximum Gasteiger partial charge on any atom is 0.270 e. The minimum atomic E-state index is -0.0792. The van der Waals surface area contributed by atoms with Crippen LogP contribution in [0.25, 0.3) is 0 Å². The minimum absolute atomic E-state index is 0.0792. The number of pyridine rings is 1. The predicted octanol–water partition coefficient (Wildman–Crippen LogP) is 4.05. The van der Waals surface area contributed by atoms with Crippen LogP contribution in [0.4, 0.5) is 0 Å². The van der Waals surface area contributed by atoms with Gasteiger partial charge in [0.2, 0.25) is 0 Å². The number of carbonyl (C=O) groups excluding carboxylic acids is 1. The second kappa shape index (κ2) is 6.73. The maximum atomic E-state index is 12.6. The van der Waals surface area contributed by atoms with Crippen molar-refractivity contribution < 1.29 is 4.79 Å². The molecule has 3 nitrogen and oxygen atoms in total. The van der Waals surface area contributed by atoms with Crippen LogP contribution in [0.15, 0.2) is 48.5 Å². The van der Waals surface area contributed by atoms with Crippen molar-refractivity contribution in [1.29, 1.82) is 0 Å². The highest BCUT2D eigenvalue weighted by molar-refractivity contribution is 5.92. The zero-order valence-corrected chi connectivity index (χ0v) is 13.0. The number of benzene rings is 1. The normalized spacial score (nSPS) is 16.4. The molecule has 1 amide bonds. The summed E-state index contributed by atoms with van der Waals surface area (Å²) < 4.78 is 0. The zero-order chi connectivity index (χ0) is 15.4. The third kappa shape index (κ3) is 3.35. The van der Waals surface area contributed by atoms with Gasteiger partial charge in [-0.25, -0.2) is 4.98 Å². The second-order valence-electron chi connectivity index (χ2n) is 6.07. The highest BCUT2D eigenvalue weighted by atomic mass is 16.1. The van der Waals surface area contributed by atoms with E-state index in [0.717, 1.165) is 5.69 Å². The Morgan fingerprint density at radius 2 is 1.82 bits per heavy atom. The van der Waals surface area contributed by atoms with Crippen LogP contribution >= 0.6 is 0 Å². The van der Waals surface area contributed by atoms with Crippen LogP contribution in [-0.2, 0) is 0 Å². The molecular formula is C19H22N2O. The van der Waals surface area contributed by atoms with Gasteiger partial charge in [0, 0.05) is 5.69 Å². The second-order valence-corrected chi connectivity index (χ2v) is 6.07. The number of aromatic nitrogens is 1. The van der Waals surface area contributed by atoms with Crippen molar-refractivity contribution in [3.63, 3.8) is 0 Å². The van der Waals surface area contributed by atoms with Crippen molar-refractivity contribution >= 4 is 5.91 Å². The third-order valence-corrected chi connectivity index (χ3v) is 4.44. The summed E-state index contributed by atoms with van der Waals surface area (Å²) in [7, 11) is 0. The van der Waals surface area contributed by atoms with Gasteiger partial charge in [-0.2, -0.15) is 0 Å². The molecule has 0 spiro atoms. The summed E-state index contributed by atoms with van der Waals surface area (Å²) in [6.07, 6.45) is 4.88. The van der Waals surface area contributed by atoms with Crippen molar-refractivity contribution in [3.8, 4) is 0 Å². The van der Waals surface area contributed by atoms with Crippen LogP contribution in [0.1, 0.15) is 53.5 Å². The van der Waals surface area contributed by atoms with Gasteiger partial charge in [0.15, 0.2) is 0 Å². The number of hydrogen-bond donors (Lipinski definition) is 1. The molecule has 3 heteroatoms. The summed E-state index contributed by atoms with van der Waals surface area (Å²) in [6, 6.07) is 15.9. The van der Waals surface area contributed by atoms with Crippen LogP contribution < -0.4 is 5.32 Å². The Labute approximate surface area is 131 Å². The summed E-state index contributed by atoms with van der Waals surface area (Å²) in [5.41, 5.74) is 2.55. The molecule has 0 radical (unpaired) electrons. The first-order valence-electron chi connectivity index (χ1n) is 8.03. The van der Waals surface area contributed by atoms with Crippen LogP contribution in [-0.4, -0.2) is 10.9 Å². The number of aryl methyl sites for hydroxylation is 1. The minimum Gasteiger partial charge on any atom is -0.344 e. The van der Waals surface area contributed by atoms with Gasteiger partial charge in [-0.05, 0) is 43.4 Å². The van der Waals surface area contributed by atoms with Crippen LogP contribution in [0, 0.1) is 12.8 Å². The molecule has 1 aromatic heterocycles. The molecule has 1 fully saturated rings. The number of rotatable bonds is 4. The van der Waals surface area contributed by atoms with Gasteiger partial charge in [0.1, 0.15) is 5.69 Å². The largest absolute Gasteiger partial charge is 0.344 e. The van der Waals surface area contributed by atoms with E-state index in [1.165, 1.54) is 31.2 Å². The molecule has 1 aliphatic carbocycles. The van der Waals surface area contributed by atoms with Crippen molar-refractivity contribution in [1.82, 2.24) is 10.3 Å². The first kappa shape index (κ1) is 14.8. The van der Waals surface area contributed by atoms with Gasteiger partial charge in [0.05, 0.1) is 6.04 Å². The van der Waals surface area contributed by atoms with Gasteiger partial charge >= 0.3 is 0 Å². The fraction of sp³-hybridized carbons (Fsp3) is 0.368. The number of hydrogen-bond acceptors (Lipinski definition) is 2. The van der Waals surface area contributed by atoms with E-state index in [1.807, 2.05) is 37.3 Å². The summed E-state index contributed by atoms with van der Waals surface area (Å²) in [4.78, 5) is 16.9. The zero-order valence-electron chi connectivity index (χ0n) is 13.0. The molecule has 1 unspecified atom stereocenters. The lowest BCUT2D eigenvalue weighted by atomic mass is 9.91. The van der Waals surface area contributed by atoms with Crippen LogP contribution in [0.3, 0.4) is 0 Å². The Balaban J connectivity index is 1.82. The summed E-state index contributed by atoms with van der Waals surface area (Å²) in [5, 5.41) is 3.22. The van der Waals surface area contributed by atoms with Crippen molar-refractivity contribution in [2.75, 3.05) is 0 Å². The molecule has 0 bridgehead atoms. The van der Waals surface area contributed by atoms with Crippen molar-refractivity contribution in [3.05, 3.63) is 65.5 Å². The molecule has 0 aliphatic heterocycles. The molecule has 0 saturated heterocycles. The number of carbonyl (C=O) groups is 1. The highest BCUT2D eigenvalue weighted by Crippen LogP contribution is 2.35. The van der Waals surface area contributed by atoms with E-state index in [9.17, 15) is 4.79 Å².